The summed E-state index contributed by atoms with van der Waals surface area (Å²) in [4.78, 5) is 10.9. The highest BCUT2D eigenvalue weighted by Gasteiger charge is 2.26. The number of benzene rings is 1. The van der Waals surface area contributed by atoms with Crippen molar-refractivity contribution >= 4 is 17.5 Å². The number of amides is 1. The van der Waals surface area contributed by atoms with Gasteiger partial charge in [-0.2, -0.15) is 0 Å². The molecule has 1 amide bonds. The SMILES string of the molecule is O=C1CC(c2cc(F)c(Cl)cc2F)CN1. The van der Waals surface area contributed by atoms with Crippen molar-refractivity contribution < 1.29 is 13.6 Å². The third-order valence-electron chi connectivity index (χ3n) is 2.46. The van der Waals surface area contributed by atoms with Crippen LogP contribution < -0.4 is 5.32 Å². The molecule has 1 aromatic carbocycles. The topological polar surface area (TPSA) is 29.1 Å². The number of carbonyl (C=O) groups excluding carboxylic acids is 1. The second-order valence-corrected chi connectivity index (χ2v) is 3.90. The van der Waals surface area contributed by atoms with Gasteiger partial charge in [0, 0.05) is 18.9 Å². The van der Waals surface area contributed by atoms with Crippen molar-refractivity contribution in [3.8, 4) is 0 Å². The van der Waals surface area contributed by atoms with Crippen LogP contribution in [0.1, 0.15) is 17.9 Å². The van der Waals surface area contributed by atoms with Gasteiger partial charge in [-0.25, -0.2) is 8.78 Å². The summed E-state index contributed by atoms with van der Waals surface area (Å²) in [7, 11) is 0. The first kappa shape index (κ1) is 10.4. The zero-order valence-electron chi connectivity index (χ0n) is 7.69. The highest BCUT2D eigenvalue weighted by atomic mass is 35.5. The summed E-state index contributed by atoms with van der Waals surface area (Å²) in [5, 5.41) is 2.33. The summed E-state index contributed by atoms with van der Waals surface area (Å²) >= 11 is 5.42. The van der Waals surface area contributed by atoms with E-state index in [9.17, 15) is 13.6 Å². The second-order valence-electron chi connectivity index (χ2n) is 3.49. The zero-order chi connectivity index (χ0) is 11.0. The van der Waals surface area contributed by atoms with Crippen molar-refractivity contribution in [3.63, 3.8) is 0 Å². The lowest BCUT2D eigenvalue weighted by atomic mass is 9.97. The van der Waals surface area contributed by atoms with Crippen molar-refractivity contribution in [1.29, 1.82) is 0 Å². The minimum absolute atomic E-state index is 0.144. The molecule has 1 saturated heterocycles. The van der Waals surface area contributed by atoms with Gasteiger partial charge in [-0.3, -0.25) is 4.79 Å². The Bertz CT molecular complexity index is 422. The molecule has 1 unspecified atom stereocenters. The quantitative estimate of drug-likeness (QED) is 0.738. The fraction of sp³-hybridized carbons (Fsp3) is 0.300. The van der Waals surface area contributed by atoms with Crippen molar-refractivity contribution in [2.45, 2.75) is 12.3 Å². The lowest BCUT2D eigenvalue weighted by Crippen LogP contribution is -2.13. The molecule has 80 valence electrons. The van der Waals surface area contributed by atoms with E-state index in [2.05, 4.69) is 5.32 Å². The van der Waals surface area contributed by atoms with E-state index in [1.54, 1.807) is 0 Å². The number of halogens is 3. The Morgan fingerprint density at radius 1 is 1.33 bits per heavy atom. The normalized spacial score (nSPS) is 20.5. The number of carbonyl (C=O) groups is 1. The highest BCUT2D eigenvalue weighted by Crippen LogP contribution is 2.28. The van der Waals surface area contributed by atoms with Crippen LogP contribution >= 0.6 is 11.6 Å². The van der Waals surface area contributed by atoms with E-state index in [4.69, 9.17) is 11.6 Å². The van der Waals surface area contributed by atoms with Crippen molar-refractivity contribution in [1.82, 2.24) is 5.32 Å². The molecule has 2 nitrogen and oxygen atoms in total. The van der Waals surface area contributed by atoms with Gasteiger partial charge in [0.25, 0.3) is 0 Å². The van der Waals surface area contributed by atoms with Crippen LogP contribution in [0.25, 0.3) is 0 Å². The number of nitrogens with one attached hydrogen (secondary N) is 1. The van der Waals surface area contributed by atoms with E-state index in [1.165, 1.54) is 0 Å². The third kappa shape index (κ3) is 1.95. The molecule has 2 rings (SSSR count). The fourth-order valence-electron chi connectivity index (χ4n) is 1.68. The molecule has 0 spiro atoms. The number of hydrogen-bond acceptors (Lipinski definition) is 1. The first-order chi connectivity index (χ1) is 7.08. The molecule has 15 heavy (non-hydrogen) atoms. The summed E-state index contributed by atoms with van der Waals surface area (Å²) in [6, 6.07) is 2.00. The molecule has 1 heterocycles. The molecule has 0 bridgehead atoms. The average Bonchev–Trinajstić information content (AvgIpc) is 2.58. The van der Waals surface area contributed by atoms with Crippen molar-refractivity contribution in [2.75, 3.05) is 6.54 Å². The van der Waals surface area contributed by atoms with Gasteiger partial charge in [0.05, 0.1) is 5.02 Å². The van der Waals surface area contributed by atoms with Crippen molar-refractivity contribution in [2.24, 2.45) is 0 Å². The van der Waals surface area contributed by atoms with E-state index in [0.717, 1.165) is 12.1 Å². The molecule has 5 heteroatoms. The highest BCUT2D eigenvalue weighted by molar-refractivity contribution is 6.30. The Labute approximate surface area is 90.2 Å². The van der Waals surface area contributed by atoms with Crippen LogP contribution in [-0.4, -0.2) is 12.5 Å². The predicted molar refractivity (Wildman–Crippen MR) is 51.7 cm³/mol. The molecule has 0 aliphatic carbocycles. The largest absolute Gasteiger partial charge is 0.355 e. The maximum atomic E-state index is 13.4. The van der Waals surface area contributed by atoms with Gasteiger partial charge in [-0.1, -0.05) is 11.6 Å². The van der Waals surface area contributed by atoms with Gasteiger partial charge in [0.1, 0.15) is 11.6 Å². The van der Waals surface area contributed by atoms with Gasteiger partial charge >= 0.3 is 0 Å². The molecule has 1 atom stereocenters. The lowest BCUT2D eigenvalue weighted by molar-refractivity contribution is -0.119. The van der Waals surface area contributed by atoms with E-state index in [-0.39, 0.29) is 28.8 Å². The third-order valence-corrected chi connectivity index (χ3v) is 2.75. The minimum atomic E-state index is -0.660. The second kappa shape index (κ2) is 3.77. The first-order valence-corrected chi connectivity index (χ1v) is 4.87. The van der Waals surface area contributed by atoms with Crippen LogP contribution in [0.3, 0.4) is 0 Å². The van der Waals surface area contributed by atoms with E-state index in [1.807, 2.05) is 0 Å². The van der Waals surface area contributed by atoms with Crippen molar-refractivity contribution in [3.05, 3.63) is 34.4 Å². The maximum Gasteiger partial charge on any atom is 0.220 e. The van der Waals surface area contributed by atoms with Crippen LogP contribution in [0.15, 0.2) is 12.1 Å². The smallest absolute Gasteiger partial charge is 0.220 e. The Morgan fingerprint density at radius 2 is 2.07 bits per heavy atom. The maximum absolute atomic E-state index is 13.4. The summed E-state index contributed by atoms with van der Waals surface area (Å²) in [6.07, 6.45) is 0.192. The van der Waals surface area contributed by atoms with Crippen LogP contribution in [0.2, 0.25) is 5.02 Å². The summed E-state index contributed by atoms with van der Waals surface area (Å²) in [5.74, 6) is -1.67. The molecule has 1 aliphatic heterocycles. The van der Waals surface area contributed by atoms with Crippen LogP contribution in [0, 0.1) is 11.6 Å². The molecule has 0 radical (unpaired) electrons. The zero-order valence-corrected chi connectivity index (χ0v) is 8.44. The number of hydrogen-bond donors (Lipinski definition) is 1. The summed E-state index contributed by atoms with van der Waals surface area (Å²) in [5.41, 5.74) is 0.204. The summed E-state index contributed by atoms with van der Waals surface area (Å²) < 4.78 is 26.5. The van der Waals surface area contributed by atoms with Gasteiger partial charge < -0.3 is 5.32 Å². The van der Waals surface area contributed by atoms with Crippen LogP contribution in [0.4, 0.5) is 8.78 Å². The van der Waals surface area contributed by atoms with Gasteiger partial charge in [-0.05, 0) is 17.7 Å². The minimum Gasteiger partial charge on any atom is -0.355 e. The monoisotopic (exact) mass is 231 g/mol. The molecule has 1 fully saturated rings. The fourth-order valence-corrected chi connectivity index (χ4v) is 1.83. The summed E-state index contributed by atoms with van der Waals surface area (Å²) in [6.45, 7) is 0.344. The lowest BCUT2D eigenvalue weighted by Gasteiger charge is -2.09. The number of rotatable bonds is 1. The Morgan fingerprint density at radius 3 is 2.67 bits per heavy atom. The molecule has 1 aliphatic rings. The average molecular weight is 232 g/mol. The Hall–Kier alpha value is -1.16. The first-order valence-electron chi connectivity index (χ1n) is 4.49. The molecule has 0 aromatic heterocycles. The van der Waals surface area contributed by atoms with Gasteiger partial charge in [0.15, 0.2) is 0 Å². The predicted octanol–water partition coefficient (Wildman–Crippen LogP) is 2.22. The standard InChI is InChI=1S/C10H8ClF2NO/c11-7-3-8(12)6(2-9(7)13)5-1-10(15)14-4-5/h2-3,5H,1,4H2,(H,14,15). The molecular weight excluding hydrogens is 224 g/mol. The molecular formula is C10H8ClF2NO. The molecule has 1 N–H and O–H groups in total. The molecule has 0 saturated carbocycles. The van der Waals surface area contributed by atoms with E-state index < -0.39 is 11.6 Å². The van der Waals surface area contributed by atoms with Gasteiger partial charge in [-0.15, -0.1) is 0 Å². The van der Waals surface area contributed by atoms with Crippen LogP contribution in [0.5, 0.6) is 0 Å². The van der Waals surface area contributed by atoms with E-state index >= 15 is 0 Å². The van der Waals surface area contributed by atoms with Crippen LogP contribution in [-0.2, 0) is 4.79 Å². The Kier molecular flexibility index (Phi) is 2.61. The Balaban J connectivity index is 2.36. The molecule has 1 aromatic rings. The van der Waals surface area contributed by atoms with Gasteiger partial charge in [0.2, 0.25) is 5.91 Å². The van der Waals surface area contributed by atoms with E-state index in [0.29, 0.717) is 6.54 Å².